The van der Waals surface area contributed by atoms with Crippen LogP contribution < -0.4 is 10.6 Å². The number of nitrogens with zero attached hydrogens (tertiary/aromatic N) is 1. The van der Waals surface area contributed by atoms with Crippen molar-refractivity contribution in [1.29, 1.82) is 0 Å². The summed E-state index contributed by atoms with van der Waals surface area (Å²) >= 11 is 0. The Morgan fingerprint density at radius 1 is 1.08 bits per heavy atom. The normalized spacial score (nSPS) is 16.8. The van der Waals surface area contributed by atoms with E-state index in [9.17, 15) is 9.59 Å². The van der Waals surface area contributed by atoms with E-state index in [1.54, 1.807) is 4.90 Å². The molecule has 2 aromatic carbocycles. The van der Waals surface area contributed by atoms with Gasteiger partial charge in [-0.1, -0.05) is 49.4 Å². The Labute approximate surface area is 148 Å². The topological polar surface area (TPSA) is 61.4 Å². The molecule has 1 saturated heterocycles. The predicted octanol–water partition coefficient (Wildman–Crippen LogP) is 3.17. The van der Waals surface area contributed by atoms with Gasteiger partial charge in [-0.3, -0.25) is 4.79 Å². The lowest BCUT2D eigenvalue weighted by molar-refractivity contribution is -0.128. The SMILES string of the molecule is CCc1ccc(NC(=O)NC2CC(=O)N(Cc3ccccc3)C2)cc1. The Bertz CT molecular complexity index is 728. The first kappa shape index (κ1) is 17.0. The van der Waals surface area contributed by atoms with E-state index in [0.717, 1.165) is 17.7 Å². The van der Waals surface area contributed by atoms with Crippen molar-refractivity contribution in [1.82, 2.24) is 10.2 Å². The van der Waals surface area contributed by atoms with Crippen molar-refractivity contribution in [3.05, 3.63) is 65.7 Å². The lowest BCUT2D eigenvalue weighted by Gasteiger charge is -2.17. The van der Waals surface area contributed by atoms with E-state index in [-0.39, 0.29) is 18.0 Å². The van der Waals surface area contributed by atoms with Crippen LogP contribution in [0.5, 0.6) is 0 Å². The van der Waals surface area contributed by atoms with Gasteiger partial charge in [0, 0.05) is 25.2 Å². The Morgan fingerprint density at radius 3 is 2.48 bits per heavy atom. The molecule has 3 amide bonds. The summed E-state index contributed by atoms with van der Waals surface area (Å²) in [6, 6.07) is 17.2. The second-order valence-corrected chi connectivity index (χ2v) is 6.31. The molecular weight excluding hydrogens is 314 g/mol. The number of aryl methyl sites for hydroxylation is 1. The van der Waals surface area contributed by atoms with Gasteiger partial charge in [0.05, 0.1) is 6.04 Å². The molecule has 130 valence electrons. The summed E-state index contributed by atoms with van der Waals surface area (Å²) in [7, 11) is 0. The third-order valence-corrected chi connectivity index (χ3v) is 4.39. The van der Waals surface area contributed by atoms with Crippen LogP contribution in [-0.4, -0.2) is 29.4 Å². The average Bonchev–Trinajstić information content (AvgIpc) is 2.95. The second-order valence-electron chi connectivity index (χ2n) is 6.31. The molecule has 0 aromatic heterocycles. The summed E-state index contributed by atoms with van der Waals surface area (Å²) < 4.78 is 0. The number of amides is 3. The highest BCUT2D eigenvalue weighted by molar-refractivity contribution is 5.90. The van der Waals surface area contributed by atoms with Crippen molar-refractivity contribution in [2.24, 2.45) is 0 Å². The van der Waals surface area contributed by atoms with Gasteiger partial charge < -0.3 is 15.5 Å². The fraction of sp³-hybridized carbons (Fsp3) is 0.300. The maximum atomic E-state index is 12.2. The van der Waals surface area contributed by atoms with Crippen molar-refractivity contribution in [3.8, 4) is 0 Å². The third kappa shape index (κ3) is 4.59. The van der Waals surface area contributed by atoms with Crippen LogP contribution in [0.25, 0.3) is 0 Å². The molecule has 0 bridgehead atoms. The van der Waals surface area contributed by atoms with Gasteiger partial charge in [-0.15, -0.1) is 0 Å². The number of carbonyl (C=O) groups excluding carboxylic acids is 2. The Kier molecular flexibility index (Phi) is 5.33. The molecule has 1 fully saturated rings. The third-order valence-electron chi connectivity index (χ3n) is 4.39. The molecule has 2 aromatic rings. The zero-order valence-corrected chi connectivity index (χ0v) is 14.4. The van der Waals surface area contributed by atoms with Crippen LogP contribution in [0.2, 0.25) is 0 Å². The number of anilines is 1. The Hall–Kier alpha value is -2.82. The molecule has 1 heterocycles. The van der Waals surface area contributed by atoms with Gasteiger partial charge in [-0.2, -0.15) is 0 Å². The molecule has 1 aliphatic heterocycles. The summed E-state index contributed by atoms with van der Waals surface area (Å²) in [4.78, 5) is 26.1. The van der Waals surface area contributed by atoms with E-state index in [4.69, 9.17) is 0 Å². The summed E-state index contributed by atoms with van der Waals surface area (Å²) in [5.74, 6) is 0.0708. The number of hydrogen-bond acceptors (Lipinski definition) is 2. The molecule has 0 saturated carbocycles. The fourth-order valence-corrected chi connectivity index (χ4v) is 3.00. The minimum Gasteiger partial charge on any atom is -0.336 e. The quantitative estimate of drug-likeness (QED) is 0.880. The molecule has 1 atom stereocenters. The van der Waals surface area contributed by atoms with Crippen LogP contribution >= 0.6 is 0 Å². The van der Waals surface area contributed by atoms with Crippen molar-refractivity contribution in [2.45, 2.75) is 32.4 Å². The lowest BCUT2D eigenvalue weighted by Crippen LogP contribution is -2.39. The minimum absolute atomic E-state index is 0.0708. The van der Waals surface area contributed by atoms with E-state index < -0.39 is 0 Å². The van der Waals surface area contributed by atoms with E-state index in [2.05, 4.69) is 17.6 Å². The largest absolute Gasteiger partial charge is 0.336 e. The monoisotopic (exact) mass is 337 g/mol. The van der Waals surface area contributed by atoms with Crippen LogP contribution in [0.1, 0.15) is 24.5 Å². The average molecular weight is 337 g/mol. The molecule has 3 rings (SSSR count). The number of hydrogen-bond donors (Lipinski definition) is 2. The standard InChI is InChI=1S/C20H23N3O2/c1-2-15-8-10-17(11-9-15)21-20(25)22-18-12-19(24)23(14-18)13-16-6-4-3-5-7-16/h3-11,18H,2,12-14H2,1H3,(H2,21,22,25). The number of benzene rings is 2. The van der Waals surface area contributed by atoms with Crippen molar-refractivity contribution < 1.29 is 9.59 Å². The first-order valence-electron chi connectivity index (χ1n) is 8.62. The number of likely N-dealkylation sites (tertiary alicyclic amines) is 1. The molecule has 5 heteroatoms. The summed E-state index contributed by atoms with van der Waals surface area (Å²) in [6.45, 7) is 3.21. The molecule has 0 radical (unpaired) electrons. The molecule has 2 N–H and O–H groups in total. The molecule has 0 aliphatic carbocycles. The smallest absolute Gasteiger partial charge is 0.319 e. The Morgan fingerprint density at radius 2 is 1.80 bits per heavy atom. The second kappa shape index (κ2) is 7.83. The minimum atomic E-state index is -0.274. The number of rotatable bonds is 5. The lowest BCUT2D eigenvalue weighted by atomic mass is 10.1. The molecular formula is C20H23N3O2. The van der Waals surface area contributed by atoms with Crippen LogP contribution in [0.3, 0.4) is 0 Å². The van der Waals surface area contributed by atoms with Crippen molar-refractivity contribution >= 4 is 17.6 Å². The Balaban J connectivity index is 1.51. The number of carbonyl (C=O) groups is 2. The molecule has 1 aliphatic rings. The highest BCUT2D eigenvalue weighted by Gasteiger charge is 2.30. The highest BCUT2D eigenvalue weighted by atomic mass is 16.2. The van der Waals surface area contributed by atoms with Crippen molar-refractivity contribution in [3.63, 3.8) is 0 Å². The van der Waals surface area contributed by atoms with E-state index in [1.165, 1.54) is 5.56 Å². The van der Waals surface area contributed by atoms with Gasteiger partial charge in [0.15, 0.2) is 0 Å². The summed E-state index contributed by atoms with van der Waals surface area (Å²) in [5, 5.41) is 5.71. The van der Waals surface area contributed by atoms with Crippen molar-refractivity contribution in [2.75, 3.05) is 11.9 Å². The van der Waals surface area contributed by atoms with Crippen LogP contribution in [0, 0.1) is 0 Å². The number of urea groups is 1. The van der Waals surface area contributed by atoms with Gasteiger partial charge >= 0.3 is 6.03 Å². The predicted molar refractivity (Wildman–Crippen MR) is 98.2 cm³/mol. The van der Waals surface area contributed by atoms with Gasteiger partial charge in [-0.05, 0) is 29.7 Å². The van der Waals surface area contributed by atoms with Crippen LogP contribution in [0.15, 0.2) is 54.6 Å². The van der Waals surface area contributed by atoms with E-state index in [0.29, 0.717) is 19.5 Å². The van der Waals surface area contributed by atoms with Crippen LogP contribution in [-0.2, 0) is 17.8 Å². The first-order chi connectivity index (χ1) is 12.1. The number of nitrogens with one attached hydrogen (secondary N) is 2. The van der Waals surface area contributed by atoms with E-state index in [1.807, 2.05) is 54.6 Å². The molecule has 1 unspecified atom stereocenters. The first-order valence-corrected chi connectivity index (χ1v) is 8.62. The summed E-state index contributed by atoms with van der Waals surface area (Å²) in [6.07, 6.45) is 1.31. The fourth-order valence-electron chi connectivity index (χ4n) is 3.00. The van der Waals surface area contributed by atoms with Gasteiger partial charge in [0.1, 0.15) is 0 Å². The van der Waals surface area contributed by atoms with Gasteiger partial charge in [0.2, 0.25) is 5.91 Å². The molecule has 0 spiro atoms. The van der Waals surface area contributed by atoms with Gasteiger partial charge in [-0.25, -0.2) is 4.79 Å². The van der Waals surface area contributed by atoms with E-state index >= 15 is 0 Å². The van der Waals surface area contributed by atoms with Gasteiger partial charge in [0.25, 0.3) is 0 Å². The maximum Gasteiger partial charge on any atom is 0.319 e. The zero-order chi connectivity index (χ0) is 17.6. The van der Waals surface area contributed by atoms with Crippen LogP contribution in [0.4, 0.5) is 10.5 Å². The zero-order valence-electron chi connectivity index (χ0n) is 14.4. The highest BCUT2D eigenvalue weighted by Crippen LogP contribution is 2.15. The molecule has 5 nitrogen and oxygen atoms in total. The molecule has 25 heavy (non-hydrogen) atoms. The maximum absolute atomic E-state index is 12.2. The summed E-state index contributed by atoms with van der Waals surface area (Å²) in [5.41, 5.74) is 3.07.